The molecule has 1 saturated heterocycles. The van der Waals surface area contributed by atoms with Gasteiger partial charge in [-0.05, 0) is 41.8 Å². The predicted octanol–water partition coefficient (Wildman–Crippen LogP) is 3.16. The highest BCUT2D eigenvalue weighted by atomic mass is 79.9. The normalized spacial score (nSPS) is 20.4. The second kappa shape index (κ2) is 7.90. The van der Waals surface area contributed by atoms with Crippen LogP contribution in [0.5, 0.6) is 0 Å². The topological polar surface area (TPSA) is 65.5 Å². The lowest BCUT2D eigenvalue weighted by molar-refractivity contribution is -0.122. The Morgan fingerprint density at radius 3 is 2.79 bits per heavy atom. The van der Waals surface area contributed by atoms with Gasteiger partial charge in [0, 0.05) is 15.5 Å². The maximum Gasteiger partial charge on any atom is 0.258 e. The van der Waals surface area contributed by atoms with E-state index in [0.29, 0.717) is 11.4 Å². The Labute approximate surface area is 153 Å². The Kier molecular flexibility index (Phi) is 5.63. The maximum absolute atomic E-state index is 12.2. The lowest BCUT2D eigenvalue weighted by atomic mass is 10.0. The van der Waals surface area contributed by atoms with Gasteiger partial charge in [0.2, 0.25) is 0 Å². The highest BCUT2D eigenvalue weighted by molar-refractivity contribution is 9.10. The fraction of sp³-hybridized carbons (Fsp3) is 0.176. The average Bonchev–Trinajstić information content (AvgIpc) is 3.05. The van der Waals surface area contributed by atoms with Gasteiger partial charge in [-0.1, -0.05) is 51.8 Å². The largest absolute Gasteiger partial charge is 0.271 e. The number of hydrogen-bond donors (Lipinski definition) is 3. The number of halogens is 2. The summed E-state index contributed by atoms with van der Waals surface area (Å²) in [4.78, 5) is 12.2. The Balaban J connectivity index is 1.54. The molecule has 1 aliphatic heterocycles. The monoisotopic (exact) mass is 406 g/mol. The summed E-state index contributed by atoms with van der Waals surface area (Å²) in [5, 5.41) is 4.70. The van der Waals surface area contributed by atoms with Gasteiger partial charge in [0.05, 0.1) is 6.21 Å². The first-order valence-electron chi connectivity index (χ1n) is 7.47. The third-order valence-electron chi connectivity index (χ3n) is 3.73. The smallest absolute Gasteiger partial charge is 0.258 e. The van der Waals surface area contributed by atoms with E-state index < -0.39 is 0 Å². The van der Waals surface area contributed by atoms with Gasteiger partial charge in [-0.15, -0.1) is 0 Å². The van der Waals surface area contributed by atoms with Crippen LogP contribution in [0.15, 0.2) is 58.1 Å². The molecule has 3 N–H and O–H groups in total. The number of nitrogens with one attached hydrogen (secondary N) is 3. The lowest BCUT2D eigenvalue weighted by Crippen LogP contribution is -2.41. The minimum absolute atomic E-state index is 0.0621. The number of hydrazone groups is 1. The summed E-state index contributed by atoms with van der Waals surface area (Å²) in [6, 6.07) is 15.0. The second-order valence-electron chi connectivity index (χ2n) is 5.47. The zero-order chi connectivity index (χ0) is 16.9. The predicted molar refractivity (Wildman–Crippen MR) is 98.7 cm³/mol. The minimum Gasteiger partial charge on any atom is -0.271 e. The van der Waals surface area contributed by atoms with E-state index in [1.165, 1.54) is 0 Å². The van der Waals surface area contributed by atoms with Crippen LogP contribution in [0.3, 0.4) is 0 Å². The molecular formula is C17H16BrClN4O. The highest BCUT2D eigenvalue weighted by Gasteiger charge is 2.29. The molecule has 0 radical (unpaired) electrons. The van der Waals surface area contributed by atoms with Gasteiger partial charge in [-0.3, -0.25) is 4.79 Å². The van der Waals surface area contributed by atoms with Crippen molar-refractivity contribution < 1.29 is 4.79 Å². The van der Waals surface area contributed by atoms with E-state index in [4.69, 9.17) is 11.6 Å². The molecule has 0 bridgehead atoms. The standard InChI is InChI=1S/C17H16BrClN4O/c18-13-3-1-2-11(8-13)10-20-23-17(24)16-9-15(21-22-16)12-4-6-14(19)7-5-12/h1-8,10,15-16,21-22H,9H2,(H,23,24)/b20-10+. The van der Waals surface area contributed by atoms with E-state index >= 15 is 0 Å². The number of hydrogen-bond acceptors (Lipinski definition) is 4. The molecule has 0 spiro atoms. The molecule has 3 rings (SSSR count). The van der Waals surface area contributed by atoms with E-state index in [2.05, 4.69) is 37.3 Å². The van der Waals surface area contributed by atoms with Gasteiger partial charge in [-0.25, -0.2) is 16.3 Å². The number of hydrazine groups is 1. The fourth-order valence-corrected chi connectivity index (χ4v) is 3.02. The molecule has 1 fully saturated rings. The first-order valence-corrected chi connectivity index (χ1v) is 8.64. The number of nitrogens with zero attached hydrogens (tertiary/aromatic N) is 1. The van der Waals surface area contributed by atoms with Crippen LogP contribution in [0.1, 0.15) is 23.6 Å². The van der Waals surface area contributed by atoms with Crippen LogP contribution in [-0.2, 0) is 4.79 Å². The first kappa shape index (κ1) is 17.1. The van der Waals surface area contributed by atoms with Gasteiger partial charge in [0.15, 0.2) is 0 Å². The summed E-state index contributed by atoms with van der Waals surface area (Å²) < 4.78 is 0.963. The third-order valence-corrected chi connectivity index (χ3v) is 4.47. The van der Waals surface area contributed by atoms with Crippen LogP contribution in [-0.4, -0.2) is 18.2 Å². The van der Waals surface area contributed by atoms with Crippen molar-refractivity contribution in [3.05, 3.63) is 69.2 Å². The summed E-state index contributed by atoms with van der Waals surface area (Å²) in [7, 11) is 0. The van der Waals surface area contributed by atoms with E-state index in [-0.39, 0.29) is 18.0 Å². The van der Waals surface area contributed by atoms with Crippen LogP contribution < -0.4 is 16.3 Å². The van der Waals surface area contributed by atoms with Gasteiger partial charge in [0.1, 0.15) is 6.04 Å². The number of carbonyl (C=O) groups is 1. The summed E-state index contributed by atoms with van der Waals surface area (Å²) in [6.45, 7) is 0. The maximum atomic E-state index is 12.2. The molecule has 1 amide bonds. The molecule has 2 unspecified atom stereocenters. The van der Waals surface area contributed by atoms with Crippen molar-refractivity contribution in [3.8, 4) is 0 Å². The number of rotatable bonds is 4. The Bertz CT molecular complexity index is 751. The summed E-state index contributed by atoms with van der Waals surface area (Å²) in [5.41, 5.74) is 10.7. The van der Waals surface area contributed by atoms with E-state index in [1.54, 1.807) is 6.21 Å². The van der Waals surface area contributed by atoms with Crippen LogP contribution in [0.4, 0.5) is 0 Å². The average molecular weight is 408 g/mol. The molecule has 7 heteroatoms. The zero-order valence-electron chi connectivity index (χ0n) is 12.7. The van der Waals surface area contributed by atoms with Crippen molar-refractivity contribution in [2.45, 2.75) is 18.5 Å². The molecule has 2 atom stereocenters. The van der Waals surface area contributed by atoms with Crippen LogP contribution in [0.25, 0.3) is 0 Å². The molecular weight excluding hydrogens is 392 g/mol. The van der Waals surface area contributed by atoms with Gasteiger partial charge < -0.3 is 0 Å². The molecule has 5 nitrogen and oxygen atoms in total. The van der Waals surface area contributed by atoms with Crippen molar-refractivity contribution in [1.82, 2.24) is 16.3 Å². The lowest BCUT2D eigenvalue weighted by Gasteiger charge is -2.09. The quantitative estimate of drug-likeness (QED) is 0.539. The SMILES string of the molecule is O=C(N/N=C/c1cccc(Br)c1)C1CC(c2ccc(Cl)cc2)NN1. The molecule has 1 aliphatic rings. The van der Waals surface area contributed by atoms with Crippen molar-refractivity contribution in [2.24, 2.45) is 5.10 Å². The molecule has 124 valence electrons. The minimum atomic E-state index is -0.342. The van der Waals surface area contributed by atoms with Crippen LogP contribution in [0.2, 0.25) is 5.02 Å². The number of benzene rings is 2. The number of carbonyl (C=O) groups excluding carboxylic acids is 1. The number of amides is 1. The second-order valence-corrected chi connectivity index (χ2v) is 6.82. The third kappa shape index (κ3) is 4.42. The summed E-state index contributed by atoms with van der Waals surface area (Å²) in [5.74, 6) is -0.176. The zero-order valence-corrected chi connectivity index (χ0v) is 15.0. The van der Waals surface area contributed by atoms with Crippen LogP contribution in [0, 0.1) is 0 Å². The van der Waals surface area contributed by atoms with Gasteiger partial charge in [-0.2, -0.15) is 5.10 Å². The molecule has 0 aliphatic carbocycles. The van der Waals surface area contributed by atoms with Crippen molar-refractivity contribution >= 4 is 39.7 Å². The van der Waals surface area contributed by atoms with Crippen molar-refractivity contribution in [2.75, 3.05) is 0 Å². The van der Waals surface area contributed by atoms with Gasteiger partial charge in [0.25, 0.3) is 5.91 Å². The molecule has 2 aromatic rings. The van der Waals surface area contributed by atoms with Gasteiger partial charge >= 0.3 is 0 Å². The van der Waals surface area contributed by atoms with E-state index in [0.717, 1.165) is 15.6 Å². The molecule has 1 heterocycles. The van der Waals surface area contributed by atoms with Crippen LogP contribution >= 0.6 is 27.5 Å². The summed E-state index contributed by atoms with van der Waals surface area (Å²) >= 11 is 9.29. The first-order chi connectivity index (χ1) is 11.6. The van der Waals surface area contributed by atoms with E-state index in [9.17, 15) is 4.79 Å². The molecule has 0 saturated carbocycles. The molecule has 0 aromatic heterocycles. The fourth-order valence-electron chi connectivity index (χ4n) is 2.48. The van der Waals surface area contributed by atoms with Crippen molar-refractivity contribution in [3.63, 3.8) is 0 Å². The summed E-state index contributed by atoms with van der Waals surface area (Å²) in [6.07, 6.45) is 2.25. The molecule has 24 heavy (non-hydrogen) atoms. The Morgan fingerprint density at radius 1 is 1.25 bits per heavy atom. The molecule has 2 aromatic carbocycles. The Morgan fingerprint density at radius 2 is 2.04 bits per heavy atom. The highest BCUT2D eigenvalue weighted by Crippen LogP contribution is 2.23. The van der Waals surface area contributed by atoms with E-state index in [1.807, 2.05) is 48.5 Å². The van der Waals surface area contributed by atoms with Crippen molar-refractivity contribution in [1.29, 1.82) is 0 Å². The Hall–Kier alpha value is -1.73.